The highest BCUT2D eigenvalue weighted by Gasteiger charge is 2.39. The van der Waals surface area contributed by atoms with Crippen LogP contribution in [0.5, 0.6) is 0 Å². The minimum Gasteiger partial charge on any atom is -0.480 e. The second-order valence-corrected chi connectivity index (χ2v) is 5.92. The van der Waals surface area contributed by atoms with Crippen LogP contribution < -0.4 is 5.32 Å². The number of likely N-dealkylation sites (tertiary alicyclic amines) is 1. The van der Waals surface area contributed by atoms with Crippen LogP contribution in [0.1, 0.15) is 31.9 Å². The average Bonchev–Trinajstić information content (AvgIpc) is 2.95. The molecular formula is C12H17N3O4S. The number of thiazole rings is 1. The van der Waals surface area contributed by atoms with Crippen LogP contribution in [0.2, 0.25) is 0 Å². The van der Waals surface area contributed by atoms with E-state index >= 15 is 0 Å². The van der Waals surface area contributed by atoms with Crippen LogP contribution in [0.25, 0.3) is 0 Å². The third-order valence-electron chi connectivity index (χ3n) is 3.15. The summed E-state index contributed by atoms with van der Waals surface area (Å²) in [5, 5.41) is 23.4. The fourth-order valence-electron chi connectivity index (χ4n) is 2.04. The van der Waals surface area contributed by atoms with Gasteiger partial charge in [0.25, 0.3) is 0 Å². The number of nitrogens with one attached hydrogen (secondary N) is 1. The van der Waals surface area contributed by atoms with E-state index in [9.17, 15) is 14.7 Å². The number of carboxylic acids is 1. The number of anilines is 1. The van der Waals surface area contributed by atoms with Gasteiger partial charge in [-0.1, -0.05) is 13.8 Å². The number of aliphatic carboxylic acids is 1. The monoisotopic (exact) mass is 299 g/mol. The maximum Gasteiger partial charge on any atom is 0.326 e. The van der Waals surface area contributed by atoms with Gasteiger partial charge >= 0.3 is 12.0 Å². The third-order valence-corrected chi connectivity index (χ3v) is 3.93. The number of aliphatic hydroxyl groups excluding tert-OH is 1. The quantitative estimate of drug-likeness (QED) is 0.781. The summed E-state index contributed by atoms with van der Waals surface area (Å²) in [6.45, 7) is 4.01. The number of aliphatic hydroxyl groups is 1. The van der Waals surface area contributed by atoms with Gasteiger partial charge in [0.15, 0.2) is 5.13 Å². The molecule has 1 aromatic heterocycles. The van der Waals surface area contributed by atoms with Crippen molar-refractivity contribution in [3.8, 4) is 0 Å². The average molecular weight is 299 g/mol. The van der Waals surface area contributed by atoms with Gasteiger partial charge in [0.05, 0.1) is 11.8 Å². The Hall–Kier alpha value is -1.67. The first-order valence-corrected chi connectivity index (χ1v) is 7.20. The Bertz CT molecular complexity index is 517. The van der Waals surface area contributed by atoms with Gasteiger partial charge in [-0.05, 0) is 5.92 Å². The van der Waals surface area contributed by atoms with Gasteiger partial charge < -0.3 is 15.1 Å². The number of carbonyl (C=O) groups excluding carboxylic acids is 1. The molecule has 0 radical (unpaired) electrons. The van der Waals surface area contributed by atoms with Gasteiger partial charge in [-0.15, -0.1) is 11.3 Å². The van der Waals surface area contributed by atoms with Crippen LogP contribution in [0, 0.1) is 0 Å². The van der Waals surface area contributed by atoms with E-state index < -0.39 is 24.1 Å². The number of rotatable bonds is 3. The summed E-state index contributed by atoms with van der Waals surface area (Å²) in [6.07, 6.45) is -0.748. The Balaban J connectivity index is 2.05. The van der Waals surface area contributed by atoms with E-state index in [4.69, 9.17) is 5.11 Å². The fraction of sp³-hybridized carbons (Fsp3) is 0.583. The zero-order chi connectivity index (χ0) is 14.9. The number of hydrogen-bond donors (Lipinski definition) is 3. The number of hydrogen-bond acceptors (Lipinski definition) is 5. The number of carbonyl (C=O) groups is 2. The maximum absolute atomic E-state index is 12.1. The molecule has 0 saturated carbocycles. The van der Waals surface area contributed by atoms with E-state index in [0.29, 0.717) is 5.13 Å². The predicted octanol–water partition coefficient (Wildman–Crippen LogP) is 1.32. The third kappa shape index (κ3) is 3.07. The highest BCUT2D eigenvalue weighted by molar-refractivity contribution is 7.13. The van der Waals surface area contributed by atoms with E-state index in [-0.39, 0.29) is 18.9 Å². The first kappa shape index (κ1) is 14.7. The van der Waals surface area contributed by atoms with Crippen LogP contribution >= 0.6 is 11.3 Å². The summed E-state index contributed by atoms with van der Waals surface area (Å²) in [6, 6.07) is -1.53. The van der Waals surface area contributed by atoms with Crippen molar-refractivity contribution in [3.63, 3.8) is 0 Å². The zero-order valence-corrected chi connectivity index (χ0v) is 12.1. The molecule has 1 aromatic rings. The van der Waals surface area contributed by atoms with Crippen molar-refractivity contribution in [1.82, 2.24) is 9.88 Å². The van der Waals surface area contributed by atoms with Gasteiger partial charge in [-0.3, -0.25) is 5.32 Å². The number of nitrogens with zero attached hydrogens (tertiary/aromatic N) is 2. The van der Waals surface area contributed by atoms with Crippen LogP contribution in [-0.4, -0.2) is 50.8 Å². The molecule has 0 aromatic carbocycles. The molecule has 3 N–H and O–H groups in total. The molecule has 1 aliphatic rings. The first-order chi connectivity index (χ1) is 9.38. The Labute approximate surface area is 120 Å². The minimum atomic E-state index is -1.11. The molecule has 20 heavy (non-hydrogen) atoms. The molecule has 0 bridgehead atoms. The fourth-order valence-corrected chi connectivity index (χ4v) is 2.91. The van der Waals surface area contributed by atoms with Crippen molar-refractivity contribution in [1.29, 1.82) is 0 Å². The highest BCUT2D eigenvalue weighted by Crippen LogP contribution is 2.23. The molecular weight excluding hydrogens is 282 g/mol. The number of aromatic nitrogens is 1. The van der Waals surface area contributed by atoms with Crippen molar-refractivity contribution in [2.24, 2.45) is 0 Å². The van der Waals surface area contributed by atoms with Crippen molar-refractivity contribution >= 4 is 28.5 Å². The lowest BCUT2D eigenvalue weighted by atomic mass is 10.2. The van der Waals surface area contributed by atoms with E-state index in [1.807, 2.05) is 19.2 Å². The summed E-state index contributed by atoms with van der Waals surface area (Å²) in [7, 11) is 0. The molecule has 2 heterocycles. The van der Waals surface area contributed by atoms with Crippen LogP contribution in [0.15, 0.2) is 5.38 Å². The number of urea groups is 1. The molecule has 0 unspecified atom stereocenters. The van der Waals surface area contributed by atoms with Gasteiger partial charge in [0, 0.05) is 18.3 Å². The van der Waals surface area contributed by atoms with Crippen LogP contribution in [0.4, 0.5) is 9.93 Å². The number of carboxylic acid groups (broad SMARTS) is 1. The van der Waals surface area contributed by atoms with Crippen molar-refractivity contribution < 1.29 is 19.8 Å². The molecule has 2 amide bonds. The first-order valence-electron chi connectivity index (χ1n) is 6.32. The molecule has 1 fully saturated rings. The molecule has 8 heteroatoms. The topological polar surface area (TPSA) is 103 Å². The lowest BCUT2D eigenvalue weighted by Crippen LogP contribution is -2.43. The summed E-state index contributed by atoms with van der Waals surface area (Å²) >= 11 is 1.30. The number of β-amino-alcohol motifs (C(OH)–C–C–N with tert-alkyl or cyclic N) is 1. The molecule has 2 rings (SSSR count). The normalized spacial score (nSPS) is 22.3. The molecule has 0 aliphatic carbocycles. The van der Waals surface area contributed by atoms with E-state index in [1.54, 1.807) is 0 Å². The molecule has 110 valence electrons. The minimum absolute atomic E-state index is 0.0191. The van der Waals surface area contributed by atoms with E-state index in [1.165, 1.54) is 11.3 Å². The van der Waals surface area contributed by atoms with Crippen molar-refractivity contribution in [2.45, 2.75) is 38.3 Å². The zero-order valence-electron chi connectivity index (χ0n) is 11.2. The van der Waals surface area contributed by atoms with Crippen molar-refractivity contribution in [3.05, 3.63) is 11.1 Å². The standard InChI is InChI=1S/C12H17N3O4S/c1-6(2)8-5-20-11(13-8)14-12(19)15-4-7(16)3-9(15)10(17)18/h5-7,9,16H,3-4H2,1-2H3,(H,17,18)(H,13,14,19)/t7-,9+/m1/s1. The Kier molecular flexibility index (Phi) is 4.24. The molecule has 1 aliphatic heterocycles. The lowest BCUT2D eigenvalue weighted by Gasteiger charge is -2.20. The summed E-state index contributed by atoms with van der Waals surface area (Å²) in [4.78, 5) is 28.5. The number of amides is 2. The van der Waals surface area contributed by atoms with Crippen LogP contribution in [0.3, 0.4) is 0 Å². The summed E-state index contributed by atoms with van der Waals surface area (Å²) in [5.41, 5.74) is 0.876. The molecule has 1 saturated heterocycles. The second-order valence-electron chi connectivity index (χ2n) is 5.06. The smallest absolute Gasteiger partial charge is 0.326 e. The summed E-state index contributed by atoms with van der Waals surface area (Å²) in [5.74, 6) is -0.851. The molecule has 0 spiro atoms. The highest BCUT2D eigenvalue weighted by atomic mass is 32.1. The molecule has 7 nitrogen and oxygen atoms in total. The Morgan fingerprint density at radius 3 is 2.80 bits per heavy atom. The SMILES string of the molecule is CC(C)c1csc(NC(=O)N2C[C@H](O)C[C@H]2C(=O)O)n1. The lowest BCUT2D eigenvalue weighted by molar-refractivity contribution is -0.141. The molecule has 2 atom stereocenters. The Morgan fingerprint density at radius 1 is 1.55 bits per heavy atom. The van der Waals surface area contributed by atoms with Gasteiger partial charge in [-0.25, -0.2) is 14.6 Å². The van der Waals surface area contributed by atoms with Gasteiger partial charge in [0.2, 0.25) is 0 Å². The largest absolute Gasteiger partial charge is 0.480 e. The maximum atomic E-state index is 12.1. The van der Waals surface area contributed by atoms with Gasteiger partial charge in [-0.2, -0.15) is 0 Å². The predicted molar refractivity (Wildman–Crippen MR) is 74.0 cm³/mol. The second kappa shape index (κ2) is 5.76. The van der Waals surface area contributed by atoms with E-state index in [0.717, 1.165) is 10.6 Å². The Morgan fingerprint density at radius 2 is 2.25 bits per heavy atom. The van der Waals surface area contributed by atoms with Crippen LogP contribution in [-0.2, 0) is 4.79 Å². The van der Waals surface area contributed by atoms with E-state index in [2.05, 4.69) is 10.3 Å². The van der Waals surface area contributed by atoms with Gasteiger partial charge in [0.1, 0.15) is 6.04 Å². The summed E-state index contributed by atoms with van der Waals surface area (Å²) < 4.78 is 0. The van der Waals surface area contributed by atoms with Crippen molar-refractivity contribution in [2.75, 3.05) is 11.9 Å².